The SMILES string of the molecule is COc1ccc(NC(=O)/C(C#N)=C/c2cccc(OC(C)=O)c2)cc1. The monoisotopic (exact) mass is 336 g/mol. The fourth-order valence-corrected chi connectivity index (χ4v) is 2.02. The third-order valence-corrected chi connectivity index (χ3v) is 3.14. The molecule has 25 heavy (non-hydrogen) atoms. The van der Waals surface area contributed by atoms with Crippen molar-refractivity contribution in [1.29, 1.82) is 5.26 Å². The number of nitrogens with zero attached hydrogens (tertiary/aromatic N) is 1. The van der Waals surface area contributed by atoms with Crippen molar-refractivity contribution in [3.63, 3.8) is 0 Å². The summed E-state index contributed by atoms with van der Waals surface area (Å²) in [4.78, 5) is 23.2. The molecule has 0 unspecified atom stereocenters. The predicted octanol–water partition coefficient (Wildman–Crippen LogP) is 3.17. The summed E-state index contributed by atoms with van der Waals surface area (Å²) >= 11 is 0. The molecule has 1 amide bonds. The van der Waals surface area contributed by atoms with Crippen LogP contribution in [0.2, 0.25) is 0 Å². The molecule has 0 heterocycles. The number of hydrogen-bond donors (Lipinski definition) is 1. The highest BCUT2D eigenvalue weighted by atomic mass is 16.5. The molecule has 0 atom stereocenters. The molecule has 1 N–H and O–H groups in total. The van der Waals surface area contributed by atoms with E-state index in [0.717, 1.165) is 0 Å². The molecule has 2 aromatic rings. The van der Waals surface area contributed by atoms with Gasteiger partial charge < -0.3 is 14.8 Å². The zero-order valence-corrected chi connectivity index (χ0v) is 13.8. The Balaban J connectivity index is 2.17. The molecule has 126 valence electrons. The second-order valence-corrected chi connectivity index (χ2v) is 5.02. The van der Waals surface area contributed by atoms with Crippen LogP contribution < -0.4 is 14.8 Å². The largest absolute Gasteiger partial charge is 0.497 e. The molecule has 6 heteroatoms. The summed E-state index contributed by atoms with van der Waals surface area (Å²) < 4.78 is 10.0. The minimum Gasteiger partial charge on any atom is -0.497 e. The average molecular weight is 336 g/mol. The number of hydrogen-bond acceptors (Lipinski definition) is 5. The van der Waals surface area contributed by atoms with Crippen molar-refractivity contribution in [2.75, 3.05) is 12.4 Å². The average Bonchev–Trinajstić information content (AvgIpc) is 2.60. The van der Waals surface area contributed by atoms with Gasteiger partial charge in [0, 0.05) is 12.6 Å². The highest BCUT2D eigenvalue weighted by Crippen LogP contribution is 2.18. The van der Waals surface area contributed by atoms with E-state index in [1.807, 2.05) is 6.07 Å². The van der Waals surface area contributed by atoms with Gasteiger partial charge in [0.15, 0.2) is 0 Å². The molecule has 0 aliphatic carbocycles. The number of methoxy groups -OCH3 is 1. The van der Waals surface area contributed by atoms with Crippen molar-refractivity contribution in [3.8, 4) is 17.6 Å². The number of nitriles is 1. The van der Waals surface area contributed by atoms with E-state index in [9.17, 15) is 14.9 Å². The van der Waals surface area contributed by atoms with Crippen LogP contribution in [0.5, 0.6) is 11.5 Å². The first-order chi connectivity index (χ1) is 12.0. The van der Waals surface area contributed by atoms with E-state index in [0.29, 0.717) is 22.7 Å². The summed E-state index contributed by atoms with van der Waals surface area (Å²) in [6, 6.07) is 15.2. The lowest BCUT2D eigenvalue weighted by molar-refractivity contribution is -0.131. The van der Waals surface area contributed by atoms with Crippen LogP contribution in [0.3, 0.4) is 0 Å². The first-order valence-corrected chi connectivity index (χ1v) is 7.37. The Morgan fingerprint density at radius 1 is 1.12 bits per heavy atom. The van der Waals surface area contributed by atoms with Gasteiger partial charge in [-0.1, -0.05) is 12.1 Å². The van der Waals surface area contributed by atoms with Gasteiger partial charge in [-0.2, -0.15) is 5.26 Å². The van der Waals surface area contributed by atoms with Crippen LogP contribution in [-0.2, 0) is 9.59 Å². The third-order valence-electron chi connectivity index (χ3n) is 3.14. The lowest BCUT2D eigenvalue weighted by atomic mass is 10.1. The van der Waals surface area contributed by atoms with Crippen LogP contribution in [0.15, 0.2) is 54.1 Å². The minimum atomic E-state index is -0.537. The van der Waals surface area contributed by atoms with Gasteiger partial charge in [-0.25, -0.2) is 0 Å². The number of ether oxygens (including phenoxy) is 2. The second kappa shape index (κ2) is 8.31. The maximum Gasteiger partial charge on any atom is 0.308 e. The second-order valence-electron chi connectivity index (χ2n) is 5.02. The number of benzene rings is 2. The number of anilines is 1. The Labute approximate surface area is 145 Å². The molecular formula is C19H16N2O4. The highest BCUT2D eigenvalue weighted by molar-refractivity contribution is 6.09. The van der Waals surface area contributed by atoms with Crippen molar-refractivity contribution in [2.45, 2.75) is 6.92 Å². The Kier molecular flexibility index (Phi) is 5.91. The Hall–Kier alpha value is -3.59. The van der Waals surface area contributed by atoms with Crippen LogP contribution in [0.4, 0.5) is 5.69 Å². The van der Waals surface area contributed by atoms with Gasteiger partial charge >= 0.3 is 5.97 Å². The zero-order valence-electron chi connectivity index (χ0n) is 13.8. The standard InChI is InChI=1S/C19H16N2O4/c1-13(22)25-18-5-3-4-14(11-18)10-15(12-20)19(23)21-16-6-8-17(24-2)9-7-16/h3-11H,1-2H3,(H,21,23)/b15-10+. The molecule has 0 fully saturated rings. The van der Waals surface area contributed by atoms with Gasteiger partial charge in [0.2, 0.25) is 0 Å². The van der Waals surface area contributed by atoms with Crippen molar-refractivity contribution >= 4 is 23.6 Å². The summed E-state index contributed by atoms with van der Waals surface area (Å²) in [5.41, 5.74) is 1.04. The Bertz CT molecular complexity index is 848. The van der Waals surface area contributed by atoms with Gasteiger partial charge in [-0.05, 0) is 48.0 Å². The summed E-state index contributed by atoms with van der Waals surface area (Å²) in [5, 5.41) is 11.9. The number of carbonyl (C=O) groups excluding carboxylic acids is 2. The first kappa shape index (κ1) is 17.8. The van der Waals surface area contributed by atoms with Crippen LogP contribution in [0.25, 0.3) is 6.08 Å². The lowest BCUT2D eigenvalue weighted by Crippen LogP contribution is -2.13. The van der Waals surface area contributed by atoms with Gasteiger partial charge in [0.1, 0.15) is 23.1 Å². The fourth-order valence-electron chi connectivity index (χ4n) is 2.02. The lowest BCUT2D eigenvalue weighted by Gasteiger charge is -2.06. The normalized spacial score (nSPS) is 10.5. The van der Waals surface area contributed by atoms with E-state index in [-0.39, 0.29) is 5.57 Å². The van der Waals surface area contributed by atoms with Crippen LogP contribution in [0.1, 0.15) is 12.5 Å². The smallest absolute Gasteiger partial charge is 0.308 e. The molecule has 0 saturated heterocycles. The summed E-state index contributed by atoms with van der Waals surface area (Å²) in [5.74, 6) is 0.0230. The minimum absolute atomic E-state index is 0.0733. The molecule has 0 aliphatic rings. The molecule has 0 bridgehead atoms. The molecule has 6 nitrogen and oxygen atoms in total. The van der Waals surface area contributed by atoms with Gasteiger partial charge in [0.05, 0.1) is 7.11 Å². The fraction of sp³-hybridized carbons (Fsp3) is 0.105. The number of carbonyl (C=O) groups is 2. The molecule has 0 saturated carbocycles. The maximum absolute atomic E-state index is 12.2. The molecule has 0 spiro atoms. The van der Waals surface area contributed by atoms with Crippen molar-refractivity contribution in [2.24, 2.45) is 0 Å². The summed E-state index contributed by atoms with van der Waals surface area (Å²) in [7, 11) is 1.55. The number of amides is 1. The number of rotatable bonds is 5. The first-order valence-electron chi connectivity index (χ1n) is 7.37. The van der Waals surface area contributed by atoms with Crippen LogP contribution >= 0.6 is 0 Å². The van der Waals surface area contributed by atoms with Gasteiger partial charge in [0.25, 0.3) is 5.91 Å². The van der Waals surface area contributed by atoms with Crippen LogP contribution in [0, 0.1) is 11.3 Å². The molecule has 2 aromatic carbocycles. The van der Waals surface area contributed by atoms with E-state index < -0.39 is 11.9 Å². The zero-order chi connectivity index (χ0) is 18.2. The molecule has 0 aromatic heterocycles. The van der Waals surface area contributed by atoms with E-state index in [1.54, 1.807) is 55.6 Å². The highest BCUT2D eigenvalue weighted by Gasteiger charge is 2.10. The van der Waals surface area contributed by atoms with Gasteiger partial charge in [-0.3, -0.25) is 9.59 Å². The Morgan fingerprint density at radius 3 is 2.44 bits per heavy atom. The molecule has 0 aliphatic heterocycles. The predicted molar refractivity (Wildman–Crippen MR) is 93.0 cm³/mol. The Morgan fingerprint density at radius 2 is 1.84 bits per heavy atom. The molecule has 2 rings (SSSR count). The molecular weight excluding hydrogens is 320 g/mol. The third kappa shape index (κ3) is 5.22. The van der Waals surface area contributed by atoms with E-state index >= 15 is 0 Å². The maximum atomic E-state index is 12.2. The van der Waals surface area contributed by atoms with Crippen molar-refractivity contribution in [1.82, 2.24) is 0 Å². The number of nitrogens with one attached hydrogen (secondary N) is 1. The number of esters is 1. The molecule has 0 radical (unpaired) electrons. The van der Waals surface area contributed by atoms with Crippen molar-refractivity contribution < 1.29 is 19.1 Å². The quantitative estimate of drug-likeness (QED) is 0.392. The van der Waals surface area contributed by atoms with E-state index in [2.05, 4.69) is 5.32 Å². The summed E-state index contributed by atoms with van der Waals surface area (Å²) in [6.45, 7) is 1.30. The summed E-state index contributed by atoms with van der Waals surface area (Å²) in [6.07, 6.45) is 1.42. The van der Waals surface area contributed by atoms with E-state index in [1.165, 1.54) is 13.0 Å². The van der Waals surface area contributed by atoms with Crippen LogP contribution in [-0.4, -0.2) is 19.0 Å². The van der Waals surface area contributed by atoms with E-state index in [4.69, 9.17) is 9.47 Å². The van der Waals surface area contributed by atoms with Gasteiger partial charge in [-0.15, -0.1) is 0 Å². The topological polar surface area (TPSA) is 88.4 Å². The van der Waals surface area contributed by atoms with Crippen molar-refractivity contribution in [3.05, 3.63) is 59.7 Å².